The summed E-state index contributed by atoms with van der Waals surface area (Å²) in [6, 6.07) is 0. The van der Waals surface area contributed by atoms with Gasteiger partial charge in [0.15, 0.2) is 5.12 Å². The number of thioether (sulfide) groups is 5. The molecule has 0 spiro atoms. The topological polar surface area (TPSA) is 54.4 Å². The van der Waals surface area contributed by atoms with Crippen molar-refractivity contribution in [3.63, 3.8) is 0 Å². The van der Waals surface area contributed by atoms with Crippen LogP contribution in [0.25, 0.3) is 0 Å². The lowest BCUT2D eigenvalue weighted by atomic mass is 10.5. The maximum Gasteiger partial charge on any atom is 0.189 e. The third-order valence-corrected chi connectivity index (χ3v) is 9.34. The number of aliphatic hydroxyl groups is 1. The van der Waals surface area contributed by atoms with E-state index in [2.05, 4.69) is 0 Å². The van der Waals surface area contributed by atoms with Gasteiger partial charge in [0.1, 0.15) is 0 Å². The van der Waals surface area contributed by atoms with E-state index in [-0.39, 0.29) is 11.1 Å². The van der Waals surface area contributed by atoms with Crippen LogP contribution in [-0.4, -0.2) is 65.1 Å². The van der Waals surface area contributed by atoms with Crippen molar-refractivity contribution < 1.29 is 14.1 Å². The van der Waals surface area contributed by atoms with E-state index < -0.39 is 10.8 Å². The number of aliphatic hydroxyl groups excluding tert-OH is 1. The molecule has 22 heavy (non-hydrogen) atoms. The van der Waals surface area contributed by atoms with Crippen molar-refractivity contribution in [3.8, 4) is 0 Å². The van der Waals surface area contributed by atoms with Crippen molar-refractivity contribution in [2.45, 2.75) is 19.8 Å². The van der Waals surface area contributed by atoms with E-state index >= 15 is 0 Å². The predicted octanol–water partition coefficient (Wildman–Crippen LogP) is 3.59. The summed E-state index contributed by atoms with van der Waals surface area (Å²) in [6.07, 6.45) is 1.68. The zero-order valence-electron chi connectivity index (χ0n) is 13.0. The molecule has 0 aliphatic rings. The number of carbonyl (C=O) groups excluding carboxylic acids is 1. The van der Waals surface area contributed by atoms with Gasteiger partial charge in [-0.3, -0.25) is 9.00 Å². The van der Waals surface area contributed by atoms with Crippen LogP contribution in [0.3, 0.4) is 0 Å². The Bertz CT molecular complexity index is 291. The van der Waals surface area contributed by atoms with Gasteiger partial charge in [0.05, 0.1) is 5.94 Å². The monoisotopic (exact) mass is 422 g/mol. The Morgan fingerprint density at radius 3 is 2.41 bits per heavy atom. The van der Waals surface area contributed by atoms with Crippen molar-refractivity contribution in [1.82, 2.24) is 0 Å². The van der Waals surface area contributed by atoms with Crippen molar-refractivity contribution in [3.05, 3.63) is 0 Å². The van der Waals surface area contributed by atoms with Gasteiger partial charge < -0.3 is 5.11 Å². The van der Waals surface area contributed by atoms with Gasteiger partial charge in [0, 0.05) is 56.2 Å². The first-order valence-corrected chi connectivity index (χ1v) is 14.2. The standard InChI is InChI=1S/C13H26O3S6/c1-2-22(16)9-3-5-18-11-20-12-19-6-4-13(15)21-8-7-17-10-14/h14H,2-12H2,1H3. The molecule has 0 fully saturated rings. The van der Waals surface area contributed by atoms with Crippen molar-refractivity contribution in [2.24, 2.45) is 0 Å². The quantitative estimate of drug-likeness (QED) is 0.299. The van der Waals surface area contributed by atoms with Gasteiger partial charge in [-0.2, -0.15) is 23.5 Å². The fourth-order valence-electron chi connectivity index (χ4n) is 1.24. The van der Waals surface area contributed by atoms with Gasteiger partial charge >= 0.3 is 0 Å². The molecule has 1 atom stereocenters. The van der Waals surface area contributed by atoms with Crippen molar-refractivity contribution in [1.29, 1.82) is 0 Å². The summed E-state index contributed by atoms with van der Waals surface area (Å²) in [7, 11) is -0.619. The molecule has 0 saturated heterocycles. The Kier molecular flexibility index (Phi) is 20.2. The SMILES string of the molecule is CCS(=O)CCCSCSCSCCC(=O)SCCSCO. The van der Waals surface area contributed by atoms with E-state index in [1.807, 2.05) is 42.2 Å². The van der Waals surface area contributed by atoms with Crippen LogP contribution < -0.4 is 0 Å². The smallest absolute Gasteiger partial charge is 0.189 e. The summed E-state index contributed by atoms with van der Waals surface area (Å²) in [4.78, 5) is 11.5. The molecule has 1 unspecified atom stereocenters. The Morgan fingerprint density at radius 2 is 1.73 bits per heavy atom. The average Bonchev–Trinajstić information content (AvgIpc) is 2.53. The molecule has 0 heterocycles. The third kappa shape index (κ3) is 17.9. The normalized spacial score (nSPS) is 12.5. The van der Waals surface area contributed by atoms with Gasteiger partial charge in [-0.05, 0) is 12.2 Å². The molecule has 0 radical (unpaired) electrons. The summed E-state index contributed by atoms with van der Waals surface area (Å²) in [5, 5.41) is 11.0. The van der Waals surface area contributed by atoms with E-state index in [9.17, 15) is 9.00 Å². The van der Waals surface area contributed by atoms with Crippen LogP contribution >= 0.6 is 58.8 Å². The highest BCUT2D eigenvalue weighted by Gasteiger charge is 2.02. The molecule has 0 aliphatic heterocycles. The lowest BCUT2D eigenvalue weighted by Gasteiger charge is -2.03. The second-order valence-corrected chi connectivity index (χ2v) is 12.1. The summed E-state index contributed by atoms with van der Waals surface area (Å²) in [5.41, 5.74) is 0. The molecular formula is C13H26O3S6. The largest absolute Gasteiger partial charge is 0.386 e. The first kappa shape index (κ1) is 23.5. The minimum atomic E-state index is -0.619. The summed E-state index contributed by atoms with van der Waals surface area (Å²) >= 11 is 8.45. The summed E-state index contributed by atoms with van der Waals surface area (Å²) < 4.78 is 11.2. The van der Waals surface area contributed by atoms with E-state index in [0.717, 1.165) is 51.1 Å². The van der Waals surface area contributed by atoms with E-state index in [1.54, 1.807) is 0 Å². The lowest BCUT2D eigenvalue weighted by Crippen LogP contribution is -2.00. The van der Waals surface area contributed by atoms with Gasteiger partial charge in [-0.15, -0.1) is 23.5 Å². The van der Waals surface area contributed by atoms with E-state index in [4.69, 9.17) is 5.11 Å². The first-order valence-electron chi connectivity index (χ1n) is 7.13. The van der Waals surface area contributed by atoms with Crippen LogP contribution in [0.15, 0.2) is 0 Å². The van der Waals surface area contributed by atoms with Crippen LogP contribution in [-0.2, 0) is 15.6 Å². The molecule has 132 valence electrons. The Labute approximate surface area is 158 Å². The molecule has 0 amide bonds. The Balaban J connectivity index is 3.16. The number of carbonyl (C=O) groups is 1. The maximum absolute atomic E-state index is 11.5. The van der Waals surface area contributed by atoms with Crippen LogP contribution in [0.5, 0.6) is 0 Å². The third-order valence-electron chi connectivity index (χ3n) is 2.35. The van der Waals surface area contributed by atoms with Crippen LogP contribution in [0.4, 0.5) is 0 Å². The Hall–Kier alpha value is 1.53. The van der Waals surface area contributed by atoms with Crippen LogP contribution in [0, 0.1) is 0 Å². The molecule has 9 heteroatoms. The van der Waals surface area contributed by atoms with E-state index in [1.165, 1.54) is 23.5 Å². The van der Waals surface area contributed by atoms with E-state index in [0.29, 0.717) is 6.42 Å². The number of hydrogen-bond donors (Lipinski definition) is 1. The minimum absolute atomic E-state index is 0.135. The molecule has 1 N–H and O–H groups in total. The zero-order chi connectivity index (χ0) is 16.5. The van der Waals surface area contributed by atoms with Crippen molar-refractivity contribution >= 4 is 74.7 Å². The fourth-order valence-corrected chi connectivity index (χ4v) is 7.17. The highest BCUT2D eigenvalue weighted by atomic mass is 32.2. The molecule has 0 rings (SSSR count). The van der Waals surface area contributed by atoms with Gasteiger partial charge in [-0.1, -0.05) is 18.7 Å². The second kappa shape index (κ2) is 18.9. The van der Waals surface area contributed by atoms with Crippen LogP contribution in [0.2, 0.25) is 0 Å². The number of hydrogen-bond acceptors (Lipinski definition) is 8. The predicted molar refractivity (Wildman–Crippen MR) is 112 cm³/mol. The molecule has 0 saturated carbocycles. The highest BCUT2D eigenvalue weighted by molar-refractivity contribution is 8.22. The average molecular weight is 423 g/mol. The molecule has 3 nitrogen and oxygen atoms in total. The van der Waals surface area contributed by atoms with Crippen LogP contribution in [0.1, 0.15) is 19.8 Å². The summed E-state index contributed by atoms with van der Waals surface area (Å²) in [6.45, 7) is 1.97. The molecule has 0 aromatic rings. The molecule has 0 aliphatic carbocycles. The molecule has 0 aromatic heterocycles. The minimum Gasteiger partial charge on any atom is -0.386 e. The van der Waals surface area contributed by atoms with Gasteiger partial charge in [0.2, 0.25) is 0 Å². The highest BCUT2D eigenvalue weighted by Crippen LogP contribution is 2.20. The molecular weight excluding hydrogens is 397 g/mol. The molecule has 0 aromatic carbocycles. The van der Waals surface area contributed by atoms with Gasteiger partial charge in [-0.25, -0.2) is 0 Å². The number of rotatable bonds is 16. The Morgan fingerprint density at radius 1 is 1.00 bits per heavy atom. The maximum atomic E-state index is 11.5. The second-order valence-electron chi connectivity index (χ2n) is 4.05. The first-order chi connectivity index (χ1) is 10.7. The lowest BCUT2D eigenvalue weighted by molar-refractivity contribution is -0.110. The molecule has 0 bridgehead atoms. The fraction of sp³-hybridized carbons (Fsp3) is 0.923. The zero-order valence-corrected chi connectivity index (χ0v) is 17.9. The summed E-state index contributed by atoms with van der Waals surface area (Å²) in [5.74, 6) is 5.35. The van der Waals surface area contributed by atoms with Crippen molar-refractivity contribution in [2.75, 3.05) is 50.6 Å². The van der Waals surface area contributed by atoms with Gasteiger partial charge in [0.25, 0.3) is 0 Å².